The van der Waals surface area contributed by atoms with Gasteiger partial charge in [-0.2, -0.15) is 4.31 Å². The van der Waals surface area contributed by atoms with Crippen molar-refractivity contribution >= 4 is 10.0 Å². The Hall–Kier alpha value is -1.76. The van der Waals surface area contributed by atoms with Gasteiger partial charge in [0.25, 0.3) is 0 Å². The van der Waals surface area contributed by atoms with Gasteiger partial charge in [0.2, 0.25) is 10.0 Å². The molecule has 134 valence electrons. The maximum Gasteiger partial charge on any atom is 0.243 e. The minimum atomic E-state index is -3.62. The van der Waals surface area contributed by atoms with E-state index in [-0.39, 0.29) is 18.5 Å². The summed E-state index contributed by atoms with van der Waals surface area (Å²) in [6.45, 7) is 6.04. The lowest BCUT2D eigenvalue weighted by molar-refractivity contribution is -0.0557. The molecule has 1 heterocycles. The summed E-state index contributed by atoms with van der Waals surface area (Å²) in [7, 11) is -3.62. The molecular weight excluding hydrogens is 341 g/mol. The highest BCUT2D eigenvalue weighted by Gasteiger charge is 2.35. The zero-order valence-electron chi connectivity index (χ0n) is 14.6. The lowest BCUT2D eigenvalue weighted by atomic mass is 10.1. The van der Waals surface area contributed by atoms with Gasteiger partial charge in [0.05, 0.1) is 17.1 Å². The third kappa shape index (κ3) is 3.76. The molecule has 0 aliphatic carbocycles. The fraction of sp³-hybridized carbons (Fsp3) is 0.368. The molecular formula is C19H22FNO3S. The quantitative estimate of drug-likeness (QED) is 0.837. The lowest BCUT2D eigenvalue weighted by Gasteiger charge is -2.36. The van der Waals surface area contributed by atoms with Crippen molar-refractivity contribution in [3.8, 4) is 0 Å². The van der Waals surface area contributed by atoms with Crippen molar-refractivity contribution < 1.29 is 17.5 Å². The topological polar surface area (TPSA) is 46.6 Å². The number of halogens is 1. The summed E-state index contributed by atoms with van der Waals surface area (Å²) in [5.41, 5.74) is 2.40. The summed E-state index contributed by atoms with van der Waals surface area (Å²) in [5.74, 6) is -0.326. The van der Waals surface area contributed by atoms with E-state index in [1.54, 1.807) is 25.1 Å². The van der Waals surface area contributed by atoms with Gasteiger partial charge >= 0.3 is 0 Å². The zero-order chi connectivity index (χ0) is 18.2. The van der Waals surface area contributed by atoms with Gasteiger partial charge in [-0.25, -0.2) is 12.8 Å². The third-order valence-corrected chi connectivity index (χ3v) is 6.40. The Labute approximate surface area is 148 Å². The van der Waals surface area contributed by atoms with Gasteiger partial charge in [0.1, 0.15) is 5.82 Å². The van der Waals surface area contributed by atoms with E-state index in [0.29, 0.717) is 11.4 Å². The molecule has 2 aromatic rings. The SMILES string of the molecule is Cc1ccc(C)c(S(=O)(=O)N2CC(C)OC(c3ccc(F)cc3)C2)c1. The van der Waals surface area contributed by atoms with Crippen LogP contribution in [0, 0.1) is 19.7 Å². The van der Waals surface area contributed by atoms with Crippen LogP contribution in [0.25, 0.3) is 0 Å². The predicted octanol–water partition coefficient (Wildman–Crippen LogP) is 3.59. The van der Waals surface area contributed by atoms with Crippen LogP contribution in [0.1, 0.15) is 29.7 Å². The molecule has 6 heteroatoms. The molecule has 1 saturated heterocycles. The van der Waals surface area contributed by atoms with Crippen LogP contribution < -0.4 is 0 Å². The molecule has 0 saturated carbocycles. The van der Waals surface area contributed by atoms with Gasteiger partial charge in [-0.3, -0.25) is 0 Å². The van der Waals surface area contributed by atoms with Crippen molar-refractivity contribution in [2.45, 2.75) is 37.9 Å². The van der Waals surface area contributed by atoms with Gasteiger partial charge in [0, 0.05) is 13.1 Å². The summed E-state index contributed by atoms with van der Waals surface area (Å²) in [5, 5.41) is 0. The van der Waals surface area contributed by atoms with Crippen LogP contribution in [0.3, 0.4) is 0 Å². The monoisotopic (exact) mass is 363 g/mol. The van der Waals surface area contributed by atoms with E-state index >= 15 is 0 Å². The molecule has 4 nitrogen and oxygen atoms in total. The first-order valence-corrected chi connectivity index (χ1v) is 9.69. The van der Waals surface area contributed by atoms with Crippen LogP contribution in [0.4, 0.5) is 4.39 Å². The van der Waals surface area contributed by atoms with Crippen molar-refractivity contribution in [2.75, 3.05) is 13.1 Å². The van der Waals surface area contributed by atoms with E-state index in [1.807, 2.05) is 26.0 Å². The van der Waals surface area contributed by atoms with Crippen molar-refractivity contribution in [2.24, 2.45) is 0 Å². The molecule has 0 radical (unpaired) electrons. The van der Waals surface area contributed by atoms with Gasteiger partial charge in [-0.05, 0) is 55.7 Å². The molecule has 0 amide bonds. The summed E-state index contributed by atoms with van der Waals surface area (Å²) in [4.78, 5) is 0.333. The molecule has 0 bridgehead atoms. The maximum atomic E-state index is 13.2. The number of sulfonamides is 1. The fourth-order valence-electron chi connectivity index (χ4n) is 3.09. The Balaban J connectivity index is 1.93. The first kappa shape index (κ1) is 18.0. The van der Waals surface area contributed by atoms with Gasteiger partial charge in [-0.15, -0.1) is 0 Å². The second-order valence-electron chi connectivity index (χ2n) is 6.58. The van der Waals surface area contributed by atoms with E-state index in [2.05, 4.69) is 0 Å². The molecule has 1 aliphatic heterocycles. The number of benzene rings is 2. The second-order valence-corrected chi connectivity index (χ2v) is 8.48. The van der Waals surface area contributed by atoms with Crippen LogP contribution in [-0.4, -0.2) is 31.9 Å². The second kappa shape index (κ2) is 6.86. The average Bonchev–Trinajstić information content (AvgIpc) is 2.57. The van der Waals surface area contributed by atoms with Crippen molar-refractivity contribution in [1.82, 2.24) is 4.31 Å². The van der Waals surface area contributed by atoms with Crippen molar-refractivity contribution in [3.05, 3.63) is 65.0 Å². The molecule has 2 unspecified atom stereocenters. The average molecular weight is 363 g/mol. The Kier molecular flexibility index (Phi) is 4.95. The molecule has 0 spiro atoms. The number of hydrogen-bond donors (Lipinski definition) is 0. The Morgan fingerprint density at radius 1 is 1.08 bits per heavy atom. The Morgan fingerprint density at radius 3 is 2.44 bits per heavy atom. The van der Waals surface area contributed by atoms with Gasteiger partial charge in [0.15, 0.2) is 0 Å². The van der Waals surface area contributed by atoms with E-state index in [1.165, 1.54) is 16.4 Å². The van der Waals surface area contributed by atoms with Crippen LogP contribution in [-0.2, 0) is 14.8 Å². The molecule has 1 aliphatic rings. The molecule has 0 aromatic heterocycles. The van der Waals surface area contributed by atoms with Crippen LogP contribution in [0.15, 0.2) is 47.4 Å². The molecule has 2 atom stereocenters. The number of nitrogens with zero attached hydrogens (tertiary/aromatic N) is 1. The van der Waals surface area contributed by atoms with E-state index < -0.39 is 16.1 Å². The summed E-state index contributed by atoms with van der Waals surface area (Å²) in [6.07, 6.45) is -0.659. The lowest BCUT2D eigenvalue weighted by Crippen LogP contribution is -2.46. The standard InChI is InChI=1S/C19H22FNO3S/c1-13-4-5-14(2)19(10-13)25(22,23)21-11-15(3)24-18(12-21)16-6-8-17(20)9-7-16/h4-10,15,18H,11-12H2,1-3H3. The molecule has 25 heavy (non-hydrogen) atoms. The van der Waals surface area contributed by atoms with Gasteiger partial charge < -0.3 is 4.74 Å². The van der Waals surface area contributed by atoms with Crippen LogP contribution >= 0.6 is 0 Å². The molecule has 2 aromatic carbocycles. The third-order valence-electron chi connectivity index (χ3n) is 4.43. The molecule has 0 N–H and O–H groups in total. The number of rotatable bonds is 3. The summed E-state index contributed by atoms with van der Waals surface area (Å²) >= 11 is 0. The Bertz CT molecular complexity index is 865. The predicted molar refractivity (Wildman–Crippen MR) is 94.4 cm³/mol. The number of ether oxygens (including phenoxy) is 1. The molecule has 3 rings (SSSR count). The smallest absolute Gasteiger partial charge is 0.243 e. The first-order chi connectivity index (χ1) is 11.8. The first-order valence-electron chi connectivity index (χ1n) is 8.25. The fourth-order valence-corrected chi connectivity index (χ4v) is 4.92. The van der Waals surface area contributed by atoms with Gasteiger partial charge in [-0.1, -0.05) is 24.3 Å². The summed E-state index contributed by atoms with van der Waals surface area (Å²) in [6, 6.07) is 11.4. The number of hydrogen-bond acceptors (Lipinski definition) is 3. The zero-order valence-corrected chi connectivity index (χ0v) is 15.4. The largest absolute Gasteiger partial charge is 0.368 e. The highest BCUT2D eigenvalue weighted by Crippen LogP contribution is 2.30. The summed E-state index contributed by atoms with van der Waals surface area (Å²) < 4.78 is 46.8. The van der Waals surface area contributed by atoms with Crippen LogP contribution in [0.5, 0.6) is 0 Å². The van der Waals surface area contributed by atoms with Crippen molar-refractivity contribution in [3.63, 3.8) is 0 Å². The number of morpholine rings is 1. The van der Waals surface area contributed by atoms with E-state index in [9.17, 15) is 12.8 Å². The van der Waals surface area contributed by atoms with Crippen molar-refractivity contribution in [1.29, 1.82) is 0 Å². The minimum Gasteiger partial charge on any atom is -0.368 e. The normalized spacial score (nSPS) is 22.1. The highest BCUT2D eigenvalue weighted by atomic mass is 32.2. The van der Waals surface area contributed by atoms with E-state index in [0.717, 1.165) is 16.7 Å². The maximum absolute atomic E-state index is 13.2. The van der Waals surface area contributed by atoms with Crippen LogP contribution in [0.2, 0.25) is 0 Å². The highest BCUT2D eigenvalue weighted by molar-refractivity contribution is 7.89. The molecule has 1 fully saturated rings. The van der Waals surface area contributed by atoms with E-state index in [4.69, 9.17) is 4.74 Å². The minimum absolute atomic E-state index is 0.214. The number of aryl methyl sites for hydroxylation is 2. The Morgan fingerprint density at radius 2 is 1.76 bits per heavy atom.